The lowest BCUT2D eigenvalue weighted by molar-refractivity contribution is -0.0454. The molecule has 2 aliphatic heterocycles. The highest BCUT2D eigenvalue weighted by Gasteiger charge is 2.51. The molecule has 1 amide bonds. The van der Waals surface area contributed by atoms with Gasteiger partial charge < -0.3 is 30.5 Å². The summed E-state index contributed by atoms with van der Waals surface area (Å²) < 4.78 is 57.5. The summed E-state index contributed by atoms with van der Waals surface area (Å²) in [7, 11) is -4.67. The molecule has 0 spiro atoms. The number of pyridine rings is 1. The first kappa shape index (κ1) is 29.6. The van der Waals surface area contributed by atoms with Crippen molar-refractivity contribution in [2.75, 3.05) is 25.6 Å². The number of ether oxygens (including phenoxy) is 1. The summed E-state index contributed by atoms with van der Waals surface area (Å²) in [5, 5.41) is 0. The van der Waals surface area contributed by atoms with E-state index in [0.29, 0.717) is 6.42 Å². The molecule has 6 rings (SSSR count). The van der Waals surface area contributed by atoms with E-state index >= 15 is 4.39 Å². The van der Waals surface area contributed by atoms with Gasteiger partial charge in [-0.15, -0.1) is 0 Å². The molecule has 6 N–H and O–H groups in total. The Hall–Kier alpha value is -2.50. The molecule has 226 valence electrons. The van der Waals surface area contributed by atoms with Crippen LogP contribution in [0.1, 0.15) is 34.6 Å². The van der Waals surface area contributed by atoms with E-state index in [1.165, 1.54) is 23.4 Å². The van der Waals surface area contributed by atoms with E-state index < -0.39 is 57.6 Å². The van der Waals surface area contributed by atoms with Gasteiger partial charge in [-0.3, -0.25) is 27.9 Å². The van der Waals surface area contributed by atoms with Crippen LogP contribution in [0.3, 0.4) is 0 Å². The van der Waals surface area contributed by atoms with Crippen LogP contribution in [0.4, 0.5) is 10.2 Å². The van der Waals surface area contributed by atoms with E-state index in [1.54, 1.807) is 12.1 Å². The normalized spacial score (nSPS) is 37.5. The minimum absolute atomic E-state index is 0.0680. The van der Waals surface area contributed by atoms with E-state index in [-0.39, 0.29) is 47.7 Å². The number of imidazole rings is 1. The van der Waals surface area contributed by atoms with E-state index in [9.17, 15) is 19.1 Å². The highest BCUT2D eigenvalue weighted by Crippen LogP contribution is 2.56. The third-order valence-electron chi connectivity index (χ3n) is 7.61. The molecule has 1 aliphatic carbocycles. The van der Waals surface area contributed by atoms with E-state index in [4.69, 9.17) is 46.1 Å². The van der Waals surface area contributed by atoms with Crippen LogP contribution in [-0.2, 0) is 39.2 Å². The summed E-state index contributed by atoms with van der Waals surface area (Å²) in [6, 6.07) is 3.24. The largest absolute Gasteiger partial charge is 0.472 e. The first-order valence-electron chi connectivity index (χ1n) is 12.7. The van der Waals surface area contributed by atoms with Crippen LogP contribution in [0.2, 0.25) is 0 Å². The van der Waals surface area contributed by atoms with Crippen LogP contribution in [0.25, 0.3) is 11.2 Å². The number of aromatic nitrogens is 5. The molecule has 3 unspecified atom stereocenters. The number of nitrogen functional groups attached to an aromatic ring is 1. The zero-order chi connectivity index (χ0) is 29.8. The molecule has 42 heavy (non-hydrogen) atoms. The topological polar surface area (TPSA) is 229 Å². The van der Waals surface area contributed by atoms with Crippen LogP contribution < -0.4 is 11.5 Å². The smallest absolute Gasteiger partial charge is 0.382 e. The average Bonchev–Trinajstić information content (AvgIpc) is 3.48. The Kier molecular flexibility index (Phi) is 7.89. The van der Waals surface area contributed by atoms with Gasteiger partial charge in [-0.05, 0) is 53.7 Å². The third kappa shape index (κ3) is 5.71. The number of alkyl halides is 1. The maximum Gasteiger partial charge on any atom is 0.472 e. The van der Waals surface area contributed by atoms with Crippen molar-refractivity contribution in [3.8, 4) is 0 Å². The van der Waals surface area contributed by atoms with Crippen molar-refractivity contribution in [1.82, 2.24) is 24.5 Å². The van der Waals surface area contributed by atoms with Crippen LogP contribution in [0, 0.1) is 11.8 Å². The summed E-state index contributed by atoms with van der Waals surface area (Å²) in [4.78, 5) is 48.9. The fourth-order valence-corrected chi connectivity index (χ4v) is 7.69. The molecule has 2 saturated heterocycles. The molecule has 1 saturated carbocycles. The number of amides is 1. The number of carbonyl (C=O) groups is 1. The van der Waals surface area contributed by atoms with Gasteiger partial charge in [-0.1, -0.05) is 0 Å². The summed E-state index contributed by atoms with van der Waals surface area (Å²) in [6.07, 6.45) is -1.89. The number of rotatable bonds is 3. The van der Waals surface area contributed by atoms with Gasteiger partial charge in [-0.2, -0.15) is 0 Å². The molecule has 9 atom stereocenters. The van der Waals surface area contributed by atoms with Gasteiger partial charge in [0.05, 0.1) is 26.1 Å². The van der Waals surface area contributed by atoms with Crippen molar-refractivity contribution in [2.45, 2.75) is 36.9 Å². The molecule has 5 heterocycles. The maximum absolute atomic E-state index is 15.9. The van der Waals surface area contributed by atoms with Gasteiger partial charge in [0, 0.05) is 6.20 Å². The van der Waals surface area contributed by atoms with Crippen LogP contribution >= 0.6 is 14.5 Å². The molecular weight excluding hydrogens is 619 g/mol. The van der Waals surface area contributed by atoms with Crippen molar-refractivity contribution in [2.24, 2.45) is 17.6 Å². The number of fused-ring (bicyclic) bond motifs is 3. The van der Waals surface area contributed by atoms with Crippen LogP contribution in [0.5, 0.6) is 0 Å². The number of nitrogens with zero attached hydrogens (tertiary/aromatic N) is 5. The van der Waals surface area contributed by atoms with Gasteiger partial charge in [0.15, 0.2) is 23.9 Å². The first-order chi connectivity index (χ1) is 19.9. The summed E-state index contributed by atoms with van der Waals surface area (Å²) in [5.41, 5.74) is 12.3. The van der Waals surface area contributed by atoms with E-state index in [2.05, 4.69) is 19.9 Å². The maximum atomic E-state index is 15.9. The number of hydrogen-bond donors (Lipinski definition) is 4. The highest BCUT2D eigenvalue weighted by molar-refractivity contribution is 8.07. The molecular formula is C22H26FN7O9P2S. The van der Waals surface area contributed by atoms with Gasteiger partial charge in [0.2, 0.25) is 0 Å². The molecule has 0 aromatic carbocycles. The molecule has 0 bridgehead atoms. The van der Waals surface area contributed by atoms with Gasteiger partial charge in [-0.25, -0.2) is 23.9 Å². The molecule has 20 heteroatoms. The van der Waals surface area contributed by atoms with Gasteiger partial charge in [0.1, 0.15) is 29.7 Å². The van der Waals surface area contributed by atoms with Crippen LogP contribution in [0.15, 0.2) is 31.0 Å². The monoisotopic (exact) mass is 645 g/mol. The molecule has 3 aliphatic rings. The lowest BCUT2D eigenvalue weighted by Crippen LogP contribution is -2.40. The number of hydrogen-bond acceptors (Lipinski definition) is 13. The summed E-state index contributed by atoms with van der Waals surface area (Å²) in [6.45, 7) is -5.05. The fourth-order valence-electron chi connectivity index (χ4n) is 5.44. The fraction of sp³-hybridized carbons (Fsp3) is 0.500. The summed E-state index contributed by atoms with van der Waals surface area (Å²) in [5.74, 6) is -1.55. The lowest BCUT2D eigenvalue weighted by Gasteiger charge is -2.45. The quantitative estimate of drug-likeness (QED) is 0.294. The lowest BCUT2D eigenvalue weighted by atomic mass is 9.63. The number of halogens is 1. The first-order valence-corrected chi connectivity index (χ1v) is 16.8. The number of nitrogens with two attached hydrogens (primary N) is 2. The minimum Gasteiger partial charge on any atom is -0.382 e. The van der Waals surface area contributed by atoms with Gasteiger partial charge in [0.25, 0.3) is 5.91 Å². The van der Waals surface area contributed by atoms with E-state index in [1.807, 2.05) is 0 Å². The second-order valence-electron chi connectivity index (χ2n) is 10.1. The van der Waals surface area contributed by atoms with E-state index in [0.717, 1.165) is 5.56 Å². The third-order valence-corrected chi connectivity index (χ3v) is 10.1. The Morgan fingerprint density at radius 2 is 1.93 bits per heavy atom. The minimum atomic E-state index is -4.67. The number of carbonyl (C=O) groups excluding carboxylic acids is 1. The Morgan fingerprint density at radius 1 is 1.14 bits per heavy atom. The SMILES string of the molecule is NC(=O)c1cc([C@@H]2C[C@@H]3COP(O)(=S)O[C@@H]4[C@@H](COP(=O)(O)OC[C@H]32)OC(n2cnc3c(N)ncnc32)[C@@H]4F)ccn1. The Labute approximate surface area is 242 Å². The van der Waals surface area contributed by atoms with Crippen molar-refractivity contribution < 1.29 is 46.4 Å². The predicted octanol–water partition coefficient (Wildman–Crippen LogP) is 1.32. The van der Waals surface area contributed by atoms with Crippen molar-refractivity contribution in [1.29, 1.82) is 0 Å². The van der Waals surface area contributed by atoms with Crippen LogP contribution in [-0.4, -0.2) is 78.4 Å². The van der Waals surface area contributed by atoms with Crippen molar-refractivity contribution in [3.05, 3.63) is 42.2 Å². The molecule has 16 nitrogen and oxygen atoms in total. The summed E-state index contributed by atoms with van der Waals surface area (Å²) >= 11 is 5.21. The molecule has 3 aromatic rings. The number of primary amides is 1. The Morgan fingerprint density at radius 3 is 2.71 bits per heavy atom. The second kappa shape index (κ2) is 11.2. The average molecular weight is 646 g/mol. The van der Waals surface area contributed by atoms with Gasteiger partial charge >= 0.3 is 14.5 Å². The number of phosphoric acid groups is 1. The number of phosphoric ester groups is 1. The molecule has 3 fully saturated rings. The molecule has 0 radical (unpaired) electrons. The highest BCUT2D eigenvalue weighted by atomic mass is 32.5. The van der Waals surface area contributed by atoms with Crippen molar-refractivity contribution >= 4 is 49.2 Å². The van der Waals surface area contributed by atoms with Crippen molar-refractivity contribution in [3.63, 3.8) is 0 Å². The predicted molar refractivity (Wildman–Crippen MR) is 145 cm³/mol. The Balaban J connectivity index is 1.24. The molecule has 3 aromatic heterocycles. The standard InChI is InChI=1S/C22H26FN7O9P2S/c23-16-18-15(38-22(16)30-9-29-17-19(24)27-8-28-21(17)30)7-36-40(32,33)35-6-13-11(5-37-41(34,42)39-18)3-12(13)10-1-2-26-14(4-10)20(25)31/h1-2,4,8-9,11-13,15-16,18,22H,3,5-7H2,(H2,25,31)(H,32,33)(H,34,42)(H2,24,27,28)/t11-,12+,13-,15-,16-,18-,22?,41?/m1/s1. The number of anilines is 1. The zero-order valence-electron chi connectivity index (χ0n) is 21.6. The second-order valence-corrected chi connectivity index (χ2v) is 14.3. The zero-order valence-corrected chi connectivity index (χ0v) is 24.2. The Bertz CT molecular complexity index is 1620.